The second-order valence-corrected chi connectivity index (χ2v) is 6.33. The van der Waals surface area contributed by atoms with Crippen molar-refractivity contribution in [3.05, 3.63) is 0 Å². The lowest BCUT2D eigenvalue weighted by Crippen LogP contribution is -1.99. The summed E-state index contributed by atoms with van der Waals surface area (Å²) < 4.78 is 0. The summed E-state index contributed by atoms with van der Waals surface area (Å²) in [5, 5.41) is 17.7. The number of carbonyl (C=O) groups is 2. The third-order valence-electron chi connectivity index (χ3n) is 5.51. The molecule has 18 heavy (non-hydrogen) atoms. The zero-order valence-corrected chi connectivity index (χ0v) is 10.4. The van der Waals surface area contributed by atoms with Crippen molar-refractivity contribution >= 4 is 11.9 Å². The van der Waals surface area contributed by atoms with Crippen LogP contribution in [0.4, 0.5) is 0 Å². The van der Waals surface area contributed by atoms with E-state index < -0.39 is 11.9 Å². The molecule has 3 fully saturated rings. The second kappa shape index (κ2) is 4.25. The molecule has 0 radical (unpaired) electrons. The van der Waals surface area contributed by atoms with E-state index in [0.29, 0.717) is 48.3 Å². The monoisotopic (exact) mass is 252 g/mol. The Morgan fingerprint density at radius 2 is 1.00 bits per heavy atom. The number of hydrogen-bond acceptors (Lipinski definition) is 2. The summed E-state index contributed by atoms with van der Waals surface area (Å²) in [5.74, 6) is 1.97. The fourth-order valence-electron chi connectivity index (χ4n) is 4.54. The molecule has 3 aliphatic carbocycles. The average Bonchev–Trinajstić information content (AvgIpc) is 3.04. The maximum Gasteiger partial charge on any atom is 0.303 e. The Balaban J connectivity index is 1.52. The van der Waals surface area contributed by atoms with Gasteiger partial charge in [0, 0.05) is 12.8 Å². The van der Waals surface area contributed by atoms with E-state index in [4.69, 9.17) is 10.2 Å². The van der Waals surface area contributed by atoms with Gasteiger partial charge in [0.25, 0.3) is 0 Å². The van der Waals surface area contributed by atoms with Gasteiger partial charge in [-0.2, -0.15) is 0 Å². The Morgan fingerprint density at radius 3 is 1.22 bits per heavy atom. The molecule has 4 nitrogen and oxygen atoms in total. The van der Waals surface area contributed by atoms with Crippen LogP contribution in [0.3, 0.4) is 0 Å². The average molecular weight is 252 g/mol. The molecule has 0 aromatic carbocycles. The van der Waals surface area contributed by atoms with Crippen molar-refractivity contribution in [2.75, 3.05) is 0 Å². The van der Waals surface area contributed by atoms with E-state index in [1.165, 1.54) is 0 Å². The van der Waals surface area contributed by atoms with Gasteiger partial charge in [-0.1, -0.05) is 0 Å². The molecule has 0 saturated heterocycles. The molecule has 0 aromatic heterocycles. The van der Waals surface area contributed by atoms with E-state index >= 15 is 0 Å². The first kappa shape index (κ1) is 12.0. The van der Waals surface area contributed by atoms with Crippen LogP contribution in [0.15, 0.2) is 0 Å². The summed E-state index contributed by atoms with van der Waals surface area (Å²) >= 11 is 0. The van der Waals surface area contributed by atoms with Crippen molar-refractivity contribution in [1.29, 1.82) is 0 Å². The van der Waals surface area contributed by atoms with E-state index in [2.05, 4.69) is 0 Å². The Labute approximate surface area is 106 Å². The molecule has 0 aliphatic heterocycles. The minimum absolute atomic E-state index is 0.337. The van der Waals surface area contributed by atoms with Gasteiger partial charge < -0.3 is 10.2 Å². The summed E-state index contributed by atoms with van der Waals surface area (Å²) in [6.07, 6.45) is 5.17. The zero-order chi connectivity index (χ0) is 12.9. The SMILES string of the molecule is O=C(O)CC1[C@H]2CC[C@H]3C(CC(=O)O)[C@H]3CC[C@@H]12. The number of aliphatic carboxylic acids is 2. The third kappa shape index (κ3) is 2.13. The van der Waals surface area contributed by atoms with Gasteiger partial charge in [-0.25, -0.2) is 0 Å². The summed E-state index contributed by atoms with van der Waals surface area (Å²) in [6, 6.07) is 0. The fraction of sp³-hybridized carbons (Fsp3) is 0.857. The molecule has 3 rings (SSSR count). The van der Waals surface area contributed by atoms with Crippen molar-refractivity contribution in [3.63, 3.8) is 0 Å². The number of hydrogen-bond donors (Lipinski definition) is 2. The van der Waals surface area contributed by atoms with E-state index in [-0.39, 0.29) is 0 Å². The largest absolute Gasteiger partial charge is 0.481 e. The lowest BCUT2D eigenvalue weighted by atomic mass is 10.0. The molecule has 0 heterocycles. The quantitative estimate of drug-likeness (QED) is 0.804. The molecule has 3 saturated carbocycles. The van der Waals surface area contributed by atoms with Crippen LogP contribution in [-0.4, -0.2) is 22.2 Å². The van der Waals surface area contributed by atoms with Crippen molar-refractivity contribution in [3.8, 4) is 0 Å². The van der Waals surface area contributed by atoms with Crippen LogP contribution < -0.4 is 0 Å². The van der Waals surface area contributed by atoms with Gasteiger partial charge in [-0.15, -0.1) is 0 Å². The van der Waals surface area contributed by atoms with Crippen LogP contribution in [0, 0.1) is 35.5 Å². The number of carboxylic acids is 2. The molecule has 0 amide bonds. The first-order chi connectivity index (χ1) is 8.58. The number of rotatable bonds is 4. The van der Waals surface area contributed by atoms with Crippen LogP contribution in [0.25, 0.3) is 0 Å². The van der Waals surface area contributed by atoms with Crippen molar-refractivity contribution in [2.24, 2.45) is 35.5 Å². The maximum atomic E-state index is 10.7. The molecule has 3 aliphatic rings. The van der Waals surface area contributed by atoms with E-state index in [0.717, 1.165) is 25.7 Å². The molecular formula is C14H20O4. The molecule has 100 valence electrons. The van der Waals surface area contributed by atoms with Gasteiger partial charge in [0.1, 0.15) is 0 Å². The van der Waals surface area contributed by atoms with Gasteiger partial charge in [0.05, 0.1) is 0 Å². The van der Waals surface area contributed by atoms with Crippen molar-refractivity contribution in [1.82, 2.24) is 0 Å². The highest BCUT2D eigenvalue weighted by Crippen LogP contribution is 2.63. The predicted molar refractivity (Wildman–Crippen MR) is 63.9 cm³/mol. The zero-order valence-electron chi connectivity index (χ0n) is 10.4. The van der Waals surface area contributed by atoms with Crippen molar-refractivity contribution < 1.29 is 19.8 Å². The summed E-state index contributed by atoms with van der Waals surface area (Å²) in [6.45, 7) is 0. The molecular weight excluding hydrogens is 232 g/mol. The Bertz CT molecular complexity index is 322. The highest BCUT2D eigenvalue weighted by atomic mass is 16.4. The first-order valence-electron chi connectivity index (χ1n) is 7.01. The number of fused-ring (bicyclic) bond motifs is 2. The molecule has 2 N–H and O–H groups in total. The Kier molecular flexibility index (Phi) is 2.83. The van der Waals surface area contributed by atoms with Gasteiger partial charge in [0.2, 0.25) is 0 Å². The first-order valence-corrected chi connectivity index (χ1v) is 7.01. The standard InChI is InChI=1S/C14H20O4/c15-13(16)5-11-7-1-2-8-10(4-3-9(7)11)12(8)6-14(17)18/h7-12H,1-6H2,(H,15,16)(H,17,18)/t7-,8+,9+,10-,11?,12?. The highest BCUT2D eigenvalue weighted by Gasteiger charge is 2.57. The summed E-state index contributed by atoms with van der Waals surface area (Å²) in [7, 11) is 0. The highest BCUT2D eigenvalue weighted by molar-refractivity contribution is 5.68. The molecule has 0 bridgehead atoms. The normalized spacial score (nSPS) is 45.1. The predicted octanol–water partition coefficient (Wildman–Crippen LogP) is 2.23. The van der Waals surface area contributed by atoms with Crippen LogP contribution in [0.2, 0.25) is 0 Å². The molecule has 0 spiro atoms. The smallest absolute Gasteiger partial charge is 0.303 e. The van der Waals surface area contributed by atoms with E-state index in [1.54, 1.807) is 0 Å². The third-order valence-corrected chi connectivity index (χ3v) is 5.51. The van der Waals surface area contributed by atoms with Crippen LogP contribution in [0.5, 0.6) is 0 Å². The molecule has 0 aromatic rings. The fourth-order valence-corrected chi connectivity index (χ4v) is 4.54. The maximum absolute atomic E-state index is 10.7. The van der Waals surface area contributed by atoms with E-state index in [1.807, 2.05) is 0 Å². The van der Waals surface area contributed by atoms with Crippen LogP contribution >= 0.6 is 0 Å². The van der Waals surface area contributed by atoms with E-state index in [9.17, 15) is 9.59 Å². The number of carboxylic acid groups (broad SMARTS) is 2. The summed E-state index contributed by atoms with van der Waals surface area (Å²) in [4.78, 5) is 21.5. The summed E-state index contributed by atoms with van der Waals surface area (Å²) in [5.41, 5.74) is 0. The molecule has 6 atom stereocenters. The lowest BCUT2D eigenvalue weighted by molar-refractivity contribution is -0.138. The van der Waals surface area contributed by atoms with Crippen molar-refractivity contribution in [2.45, 2.75) is 38.5 Å². The van der Waals surface area contributed by atoms with Gasteiger partial charge in [0.15, 0.2) is 0 Å². The molecule has 2 unspecified atom stereocenters. The van der Waals surface area contributed by atoms with Gasteiger partial charge >= 0.3 is 11.9 Å². The van der Waals surface area contributed by atoms with Gasteiger partial charge in [-0.05, 0) is 61.2 Å². The minimum atomic E-state index is -0.666. The van der Waals surface area contributed by atoms with Crippen LogP contribution in [-0.2, 0) is 9.59 Å². The van der Waals surface area contributed by atoms with Gasteiger partial charge in [-0.3, -0.25) is 9.59 Å². The Morgan fingerprint density at radius 1 is 0.722 bits per heavy atom. The topological polar surface area (TPSA) is 74.6 Å². The Hall–Kier alpha value is -1.06. The molecule has 4 heteroatoms. The lowest BCUT2D eigenvalue weighted by Gasteiger charge is -2.04. The second-order valence-electron chi connectivity index (χ2n) is 6.33. The van der Waals surface area contributed by atoms with Crippen LogP contribution in [0.1, 0.15) is 38.5 Å². The minimum Gasteiger partial charge on any atom is -0.481 e.